The zero-order valence-electron chi connectivity index (χ0n) is 11.8. The van der Waals surface area contributed by atoms with E-state index in [-0.39, 0.29) is 17.1 Å². The quantitative estimate of drug-likeness (QED) is 0.882. The number of hydrogen-bond acceptors (Lipinski definition) is 4. The van der Waals surface area contributed by atoms with E-state index in [9.17, 15) is 4.79 Å². The molecule has 2 rings (SSSR count). The molecule has 0 saturated carbocycles. The van der Waals surface area contributed by atoms with Gasteiger partial charge in [0.2, 0.25) is 5.82 Å². The molecule has 0 radical (unpaired) electrons. The number of halogens is 1. The molecule has 0 atom stereocenters. The molecule has 0 fully saturated rings. The van der Waals surface area contributed by atoms with Gasteiger partial charge >= 0.3 is 0 Å². The number of nitrogens with zero attached hydrogens (tertiary/aromatic N) is 3. The minimum atomic E-state index is -0.383. The van der Waals surface area contributed by atoms with Crippen molar-refractivity contribution >= 4 is 27.7 Å². The molecule has 0 aliphatic carbocycles. The standard InChI is InChI=1S/C13H16BrN5O/c1-7-5-9(15-6-8(7)14)16-11(20)10-17-12(19-18-10)13(2,3)4/h5-6H,1-4H3,(H,15,16,20)(H,17,18,19). The number of hydrogen-bond donors (Lipinski definition) is 2. The summed E-state index contributed by atoms with van der Waals surface area (Å²) in [7, 11) is 0. The second-order valence-corrected chi connectivity index (χ2v) is 6.38. The van der Waals surface area contributed by atoms with Gasteiger partial charge in [-0.15, -0.1) is 5.10 Å². The number of aromatic nitrogens is 4. The van der Waals surface area contributed by atoms with Crippen molar-refractivity contribution in [3.05, 3.63) is 33.9 Å². The number of H-pyrrole nitrogens is 1. The van der Waals surface area contributed by atoms with E-state index in [2.05, 4.69) is 41.4 Å². The van der Waals surface area contributed by atoms with E-state index in [1.165, 1.54) is 0 Å². The van der Waals surface area contributed by atoms with Crippen LogP contribution in [0, 0.1) is 6.92 Å². The van der Waals surface area contributed by atoms with E-state index in [4.69, 9.17) is 0 Å². The molecule has 0 spiro atoms. The topological polar surface area (TPSA) is 83.6 Å². The molecule has 6 nitrogen and oxygen atoms in total. The van der Waals surface area contributed by atoms with Crippen LogP contribution < -0.4 is 5.32 Å². The van der Waals surface area contributed by atoms with Gasteiger partial charge in [-0.25, -0.2) is 9.97 Å². The Morgan fingerprint density at radius 1 is 1.40 bits per heavy atom. The molecule has 0 saturated heterocycles. The first-order valence-corrected chi connectivity index (χ1v) is 6.93. The maximum Gasteiger partial charge on any atom is 0.296 e. The molecule has 2 aromatic heterocycles. The molecule has 0 unspecified atom stereocenters. The van der Waals surface area contributed by atoms with Crippen LogP contribution in [0.15, 0.2) is 16.7 Å². The molecule has 0 bridgehead atoms. The lowest BCUT2D eigenvalue weighted by molar-refractivity contribution is 0.101. The van der Waals surface area contributed by atoms with Crippen LogP contribution >= 0.6 is 15.9 Å². The molecule has 20 heavy (non-hydrogen) atoms. The highest BCUT2D eigenvalue weighted by Crippen LogP contribution is 2.19. The number of nitrogens with one attached hydrogen (secondary N) is 2. The average Bonchev–Trinajstić information content (AvgIpc) is 2.83. The number of amides is 1. The highest BCUT2D eigenvalue weighted by Gasteiger charge is 2.21. The Balaban J connectivity index is 2.16. The summed E-state index contributed by atoms with van der Waals surface area (Å²) in [5, 5.41) is 9.39. The highest BCUT2D eigenvalue weighted by atomic mass is 79.9. The third kappa shape index (κ3) is 3.22. The first-order chi connectivity index (χ1) is 9.27. The number of aryl methyl sites for hydroxylation is 1. The molecule has 0 aliphatic heterocycles. The van der Waals surface area contributed by atoms with Gasteiger partial charge in [0.1, 0.15) is 11.6 Å². The van der Waals surface area contributed by atoms with E-state index in [1.54, 1.807) is 12.3 Å². The van der Waals surface area contributed by atoms with Gasteiger partial charge in [-0.2, -0.15) is 0 Å². The molecule has 7 heteroatoms. The zero-order chi connectivity index (χ0) is 14.9. The normalized spacial score (nSPS) is 11.4. The molecule has 2 aromatic rings. The number of carbonyl (C=O) groups is 1. The monoisotopic (exact) mass is 337 g/mol. The minimum absolute atomic E-state index is 0.109. The second kappa shape index (κ2) is 5.32. The van der Waals surface area contributed by atoms with E-state index in [1.807, 2.05) is 27.7 Å². The van der Waals surface area contributed by atoms with E-state index in [0.717, 1.165) is 10.0 Å². The molecule has 0 aliphatic rings. The van der Waals surface area contributed by atoms with Crippen molar-refractivity contribution in [1.29, 1.82) is 0 Å². The van der Waals surface area contributed by atoms with Crippen molar-refractivity contribution in [2.24, 2.45) is 0 Å². The van der Waals surface area contributed by atoms with Gasteiger partial charge in [0.25, 0.3) is 5.91 Å². The van der Waals surface area contributed by atoms with Crippen LogP contribution in [0.25, 0.3) is 0 Å². The van der Waals surface area contributed by atoms with Crippen molar-refractivity contribution < 1.29 is 4.79 Å². The van der Waals surface area contributed by atoms with Gasteiger partial charge in [-0.1, -0.05) is 20.8 Å². The fourth-order valence-corrected chi connectivity index (χ4v) is 1.70. The van der Waals surface area contributed by atoms with Crippen LogP contribution in [-0.4, -0.2) is 26.1 Å². The van der Waals surface area contributed by atoms with Crippen molar-refractivity contribution in [3.8, 4) is 0 Å². The lowest BCUT2D eigenvalue weighted by Crippen LogP contribution is -2.16. The summed E-state index contributed by atoms with van der Waals surface area (Å²) in [6, 6.07) is 1.78. The molecule has 1 amide bonds. The van der Waals surface area contributed by atoms with Crippen LogP contribution in [0.4, 0.5) is 5.82 Å². The van der Waals surface area contributed by atoms with Crippen molar-refractivity contribution in [2.45, 2.75) is 33.1 Å². The highest BCUT2D eigenvalue weighted by molar-refractivity contribution is 9.10. The number of rotatable bonds is 2. The van der Waals surface area contributed by atoms with E-state index >= 15 is 0 Å². The van der Waals surface area contributed by atoms with Gasteiger partial charge in [0.05, 0.1) is 0 Å². The lowest BCUT2D eigenvalue weighted by atomic mass is 9.96. The minimum Gasteiger partial charge on any atom is -0.304 e. The number of carbonyl (C=O) groups excluding carboxylic acids is 1. The Bertz CT molecular complexity index is 644. The summed E-state index contributed by atoms with van der Waals surface area (Å²) in [6.07, 6.45) is 1.64. The third-order valence-electron chi connectivity index (χ3n) is 2.69. The van der Waals surface area contributed by atoms with E-state index in [0.29, 0.717) is 11.6 Å². The van der Waals surface area contributed by atoms with E-state index < -0.39 is 0 Å². The lowest BCUT2D eigenvalue weighted by Gasteiger charge is -2.12. The summed E-state index contributed by atoms with van der Waals surface area (Å²) < 4.78 is 0.892. The molecule has 106 valence electrons. The fraction of sp³-hybridized carbons (Fsp3) is 0.385. The van der Waals surface area contributed by atoms with Crippen LogP contribution in [0.1, 0.15) is 42.8 Å². The number of anilines is 1. The van der Waals surface area contributed by atoms with Crippen molar-refractivity contribution in [2.75, 3.05) is 5.32 Å². The molecule has 0 aromatic carbocycles. The predicted molar refractivity (Wildman–Crippen MR) is 79.7 cm³/mol. The first-order valence-electron chi connectivity index (χ1n) is 6.14. The van der Waals surface area contributed by atoms with Gasteiger partial charge in [0, 0.05) is 16.1 Å². The second-order valence-electron chi connectivity index (χ2n) is 5.53. The summed E-state index contributed by atoms with van der Waals surface area (Å²) in [5.41, 5.74) is 0.804. The predicted octanol–water partition coefficient (Wildman–Crippen LogP) is 2.82. The number of aromatic amines is 1. The summed E-state index contributed by atoms with van der Waals surface area (Å²) in [6.45, 7) is 7.91. The molecule has 2 heterocycles. The maximum absolute atomic E-state index is 12.0. The Labute approximate surface area is 125 Å². The van der Waals surface area contributed by atoms with Crippen molar-refractivity contribution in [3.63, 3.8) is 0 Å². The Hall–Kier alpha value is -1.76. The van der Waals surface area contributed by atoms with Gasteiger partial charge in [-0.3, -0.25) is 9.89 Å². The smallest absolute Gasteiger partial charge is 0.296 e. The van der Waals surface area contributed by atoms with Crippen LogP contribution in [0.3, 0.4) is 0 Å². The summed E-state index contributed by atoms with van der Waals surface area (Å²) in [4.78, 5) is 20.4. The van der Waals surface area contributed by atoms with Crippen LogP contribution in [-0.2, 0) is 5.41 Å². The zero-order valence-corrected chi connectivity index (χ0v) is 13.4. The summed E-state index contributed by atoms with van der Waals surface area (Å²) >= 11 is 3.36. The first kappa shape index (κ1) is 14.6. The fourth-order valence-electron chi connectivity index (χ4n) is 1.48. The Morgan fingerprint density at radius 2 is 2.10 bits per heavy atom. The Morgan fingerprint density at radius 3 is 2.65 bits per heavy atom. The number of pyridine rings is 1. The van der Waals surface area contributed by atoms with Gasteiger partial charge in [-0.05, 0) is 34.5 Å². The van der Waals surface area contributed by atoms with Crippen molar-refractivity contribution in [1.82, 2.24) is 20.2 Å². The average molecular weight is 338 g/mol. The molecular formula is C13H16BrN5O. The maximum atomic E-state index is 12.0. The Kier molecular flexibility index (Phi) is 3.89. The molecular weight excluding hydrogens is 322 g/mol. The van der Waals surface area contributed by atoms with Crippen LogP contribution in [0.2, 0.25) is 0 Å². The largest absolute Gasteiger partial charge is 0.304 e. The SMILES string of the molecule is Cc1cc(NC(=O)c2n[nH]c(C(C)(C)C)n2)ncc1Br. The van der Waals surface area contributed by atoms with Gasteiger partial charge in [0.15, 0.2) is 0 Å². The third-order valence-corrected chi connectivity index (χ3v) is 3.52. The summed E-state index contributed by atoms with van der Waals surface area (Å²) in [5.74, 6) is 0.865. The molecule has 2 N–H and O–H groups in total. The van der Waals surface area contributed by atoms with Gasteiger partial charge < -0.3 is 5.32 Å². The van der Waals surface area contributed by atoms with Crippen LogP contribution in [0.5, 0.6) is 0 Å².